The number of amides is 1. The normalized spacial score (nSPS) is 10.3. The number of esters is 1. The van der Waals surface area contributed by atoms with Gasteiger partial charge in [-0.3, -0.25) is 4.79 Å². The van der Waals surface area contributed by atoms with Crippen LogP contribution in [-0.2, 0) is 22.6 Å². The highest BCUT2D eigenvalue weighted by molar-refractivity contribution is 7.09. The van der Waals surface area contributed by atoms with Crippen LogP contribution in [0.3, 0.4) is 0 Å². The molecule has 0 fully saturated rings. The van der Waals surface area contributed by atoms with Crippen molar-refractivity contribution in [2.75, 3.05) is 12.4 Å². The Balaban J connectivity index is 1.54. The molecule has 0 aliphatic heterocycles. The number of hydrogen-bond acceptors (Lipinski definition) is 6. The van der Waals surface area contributed by atoms with Crippen LogP contribution < -0.4 is 10.1 Å². The quantitative estimate of drug-likeness (QED) is 0.631. The van der Waals surface area contributed by atoms with E-state index in [1.165, 1.54) is 18.4 Å². The van der Waals surface area contributed by atoms with Gasteiger partial charge in [0.25, 0.3) is 0 Å². The summed E-state index contributed by atoms with van der Waals surface area (Å²) in [5.41, 5.74) is 1.59. The van der Waals surface area contributed by atoms with Crippen molar-refractivity contribution in [1.82, 2.24) is 4.98 Å². The minimum absolute atomic E-state index is 0.143. The summed E-state index contributed by atoms with van der Waals surface area (Å²) >= 11 is 1.45. The second-order valence-electron chi connectivity index (χ2n) is 5.63. The van der Waals surface area contributed by atoms with Crippen molar-refractivity contribution in [3.05, 3.63) is 76.2 Å². The molecule has 7 heteroatoms. The van der Waals surface area contributed by atoms with Crippen LogP contribution in [0.1, 0.15) is 21.1 Å². The zero-order valence-corrected chi connectivity index (χ0v) is 15.5. The van der Waals surface area contributed by atoms with Crippen LogP contribution in [0.2, 0.25) is 0 Å². The maximum Gasteiger partial charge on any atom is 0.337 e. The van der Waals surface area contributed by atoms with E-state index >= 15 is 0 Å². The summed E-state index contributed by atoms with van der Waals surface area (Å²) in [6.07, 6.45) is 0.143. The molecule has 0 aliphatic rings. The standard InChI is InChI=1S/C20H18N2O4S/c1-25-20(24)14-6-5-7-15(10-14)21-18(23)11-16-13-27-19(22-16)12-26-17-8-3-2-4-9-17/h2-10,13H,11-12H2,1H3,(H,21,23). The van der Waals surface area contributed by atoms with Gasteiger partial charge in [-0.15, -0.1) is 11.3 Å². The number of carbonyl (C=O) groups is 2. The minimum Gasteiger partial charge on any atom is -0.486 e. The lowest BCUT2D eigenvalue weighted by atomic mass is 10.2. The average molecular weight is 382 g/mol. The monoisotopic (exact) mass is 382 g/mol. The summed E-state index contributed by atoms with van der Waals surface area (Å²) in [7, 11) is 1.31. The van der Waals surface area contributed by atoms with E-state index in [-0.39, 0.29) is 12.3 Å². The van der Waals surface area contributed by atoms with Crippen molar-refractivity contribution in [2.24, 2.45) is 0 Å². The molecular formula is C20H18N2O4S. The Kier molecular flexibility index (Phi) is 6.17. The minimum atomic E-state index is -0.450. The van der Waals surface area contributed by atoms with Crippen LogP contribution in [0, 0.1) is 0 Å². The molecule has 1 aromatic heterocycles. The molecule has 6 nitrogen and oxygen atoms in total. The fourth-order valence-electron chi connectivity index (χ4n) is 2.37. The van der Waals surface area contributed by atoms with E-state index in [9.17, 15) is 9.59 Å². The van der Waals surface area contributed by atoms with Crippen LogP contribution in [-0.4, -0.2) is 24.0 Å². The zero-order valence-electron chi connectivity index (χ0n) is 14.7. The van der Waals surface area contributed by atoms with Crippen molar-refractivity contribution >= 4 is 28.9 Å². The fraction of sp³-hybridized carbons (Fsp3) is 0.150. The lowest BCUT2D eigenvalue weighted by Gasteiger charge is -2.06. The smallest absolute Gasteiger partial charge is 0.337 e. The van der Waals surface area contributed by atoms with Gasteiger partial charge in [0, 0.05) is 11.1 Å². The summed E-state index contributed by atoms with van der Waals surface area (Å²) in [6.45, 7) is 0.359. The van der Waals surface area contributed by atoms with Gasteiger partial charge in [-0.1, -0.05) is 24.3 Å². The topological polar surface area (TPSA) is 77.5 Å². The summed E-state index contributed by atoms with van der Waals surface area (Å²) in [4.78, 5) is 28.2. The zero-order chi connectivity index (χ0) is 19.1. The number of para-hydroxylation sites is 1. The third-order valence-electron chi connectivity index (χ3n) is 3.61. The Morgan fingerprint density at radius 3 is 2.70 bits per heavy atom. The predicted molar refractivity (Wildman–Crippen MR) is 103 cm³/mol. The van der Waals surface area contributed by atoms with E-state index in [1.807, 2.05) is 35.7 Å². The van der Waals surface area contributed by atoms with Crippen molar-refractivity contribution in [1.29, 1.82) is 0 Å². The van der Waals surface area contributed by atoms with Crippen LogP contribution >= 0.6 is 11.3 Å². The number of rotatable bonds is 7. The van der Waals surface area contributed by atoms with Gasteiger partial charge in [-0.05, 0) is 30.3 Å². The molecule has 0 saturated heterocycles. The number of aromatic nitrogens is 1. The second-order valence-corrected chi connectivity index (χ2v) is 6.57. The average Bonchev–Trinajstić information content (AvgIpc) is 3.14. The SMILES string of the molecule is COC(=O)c1cccc(NC(=O)Cc2csc(COc3ccccc3)n2)c1. The van der Waals surface area contributed by atoms with Gasteiger partial charge in [0.05, 0.1) is 24.8 Å². The largest absolute Gasteiger partial charge is 0.486 e. The Hall–Kier alpha value is -3.19. The van der Waals surface area contributed by atoms with Gasteiger partial charge in [0.15, 0.2) is 0 Å². The van der Waals surface area contributed by atoms with Gasteiger partial charge in [-0.25, -0.2) is 9.78 Å². The predicted octanol–water partition coefficient (Wildman–Crippen LogP) is 3.69. The highest BCUT2D eigenvalue weighted by Gasteiger charge is 2.11. The Morgan fingerprint density at radius 1 is 1.11 bits per heavy atom. The van der Waals surface area contributed by atoms with Crippen LogP contribution in [0.4, 0.5) is 5.69 Å². The number of benzene rings is 2. The Labute approximate surface area is 160 Å². The lowest BCUT2D eigenvalue weighted by Crippen LogP contribution is -2.15. The van der Waals surface area contributed by atoms with Gasteiger partial charge >= 0.3 is 5.97 Å². The molecule has 3 aromatic rings. The van der Waals surface area contributed by atoms with Gasteiger partial charge in [0.2, 0.25) is 5.91 Å². The number of methoxy groups -OCH3 is 1. The molecule has 1 N–H and O–H groups in total. The van der Waals surface area contributed by atoms with Gasteiger partial charge in [0.1, 0.15) is 17.4 Å². The number of hydrogen-bond donors (Lipinski definition) is 1. The molecule has 3 rings (SSSR count). The lowest BCUT2D eigenvalue weighted by molar-refractivity contribution is -0.115. The number of anilines is 1. The maximum absolute atomic E-state index is 12.2. The number of ether oxygens (including phenoxy) is 2. The summed E-state index contributed by atoms with van der Waals surface area (Å²) in [5.74, 6) is 0.115. The number of nitrogens with one attached hydrogen (secondary N) is 1. The molecule has 0 radical (unpaired) electrons. The van der Waals surface area contributed by atoms with E-state index in [0.717, 1.165) is 10.8 Å². The third-order valence-corrected chi connectivity index (χ3v) is 4.49. The molecule has 0 aliphatic carbocycles. The molecule has 138 valence electrons. The molecule has 27 heavy (non-hydrogen) atoms. The highest BCUT2D eigenvalue weighted by atomic mass is 32.1. The highest BCUT2D eigenvalue weighted by Crippen LogP contribution is 2.16. The molecule has 0 bridgehead atoms. The van der Waals surface area contributed by atoms with E-state index in [0.29, 0.717) is 23.6 Å². The third kappa shape index (κ3) is 5.39. The number of nitrogens with zero attached hydrogens (tertiary/aromatic N) is 1. The van der Waals surface area contributed by atoms with E-state index < -0.39 is 5.97 Å². The maximum atomic E-state index is 12.2. The summed E-state index contributed by atoms with van der Waals surface area (Å²) < 4.78 is 10.3. The first-order valence-electron chi connectivity index (χ1n) is 8.23. The molecule has 1 amide bonds. The molecule has 0 atom stereocenters. The first-order valence-corrected chi connectivity index (χ1v) is 9.11. The molecule has 0 unspecified atom stereocenters. The van der Waals surface area contributed by atoms with Crippen molar-refractivity contribution < 1.29 is 19.1 Å². The molecule has 0 saturated carbocycles. The van der Waals surface area contributed by atoms with Crippen molar-refractivity contribution in [2.45, 2.75) is 13.0 Å². The van der Waals surface area contributed by atoms with E-state index in [1.54, 1.807) is 24.3 Å². The molecule has 2 aromatic carbocycles. The number of carbonyl (C=O) groups excluding carboxylic acids is 2. The number of thiazole rings is 1. The summed E-state index contributed by atoms with van der Waals surface area (Å²) in [5, 5.41) is 5.41. The first kappa shape index (κ1) is 18.6. The van der Waals surface area contributed by atoms with E-state index in [2.05, 4.69) is 15.0 Å². The Morgan fingerprint density at radius 2 is 1.93 bits per heavy atom. The Bertz CT molecular complexity index is 924. The second kappa shape index (κ2) is 8.95. The van der Waals surface area contributed by atoms with Crippen LogP contribution in [0.5, 0.6) is 5.75 Å². The first-order chi connectivity index (χ1) is 13.1. The van der Waals surface area contributed by atoms with Crippen molar-refractivity contribution in [3.63, 3.8) is 0 Å². The molecule has 0 spiro atoms. The van der Waals surface area contributed by atoms with Crippen molar-refractivity contribution in [3.8, 4) is 5.75 Å². The van der Waals surface area contributed by atoms with Crippen LogP contribution in [0.15, 0.2) is 60.0 Å². The molecular weight excluding hydrogens is 364 g/mol. The van der Waals surface area contributed by atoms with Gasteiger partial charge in [-0.2, -0.15) is 0 Å². The van der Waals surface area contributed by atoms with E-state index in [4.69, 9.17) is 4.74 Å². The molecule has 1 heterocycles. The summed E-state index contributed by atoms with van der Waals surface area (Å²) in [6, 6.07) is 16.1. The van der Waals surface area contributed by atoms with Crippen LogP contribution in [0.25, 0.3) is 0 Å². The van der Waals surface area contributed by atoms with Gasteiger partial charge < -0.3 is 14.8 Å². The fourth-order valence-corrected chi connectivity index (χ4v) is 3.07.